The first-order valence-electron chi connectivity index (χ1n) is 9.89. The highest BCUT2D eigenvalue weighted by molar-refractivity contribution is 5.87. The molecule has 2 heterocycles. The summed E-state index contributed by atoms with van der Waals surface area (Å²) in [6, 6.07) is 2.13. The van der Waals surface area contributed by atoms with E-state index in [1.54, 1.807) is 11.1 Å². The fraction of sp³-hybridized carbons (Fsp3) is 0.348. The third kappa shape index (κ3) is 6.94. The van der Waals surface area contributed by atoms with Gasteiger partial charge in [-0.15, -0.1) is 0 Å². The number of hydrogen-bond acceptors (Lipinski definition) is 4. The van der Waals surface area contributed by atoms with Gasteiger partial charge in [0.15, 0.2) is 0 Å². The van der Waals surface area contributed by atoms with Gasteiger partial charge in [0.05, 0.1) is 6.20 Å². The van der Waals surface area contributed by atoms with Crippen molar-refractivity contribution < 1.29 is 22.7 Å². The SMILES string of the molecule is C=CC(=O)N1CC=C(C(=C/N=C(C)C)/C(=C/CC)Oc2ccc(C(F)(F)F)nc2)CC1. The first-order valence-corrected chi connectivity index (χ1v) is 9.89. The molecule has 1 aromatic heterocycles. The number of aromatic nitrogens is 1. The number of aliphatic imine (C=N–C) groups is 1. The summed E-state index contributed by atoms with van der Waals surface area (Å²) < 4.78 is 44.3. The molecule has 5 nitrogen and oxygen atoms in total. The van der Waals surface area contributed by atoms with Crippen molar-refractivity contribution in [3.05, 3.63) is 71.9 Å². The second-order valence-corrected chi connectivity index (χ2v) is 7.04. The molecule has 1 aliphatic heterocycles. The molecule has 31 heavy (non-hydrogen) atoms. The topological polar surface area (TPSA) is 54.8 Å². The Morgan fingerprint density at radius 1 is 1.35 bits per heavy atom. The van der Waals surface area contributed by atoms with Crippen molar-refractivity contribution in [2.75, 3.05) is 13.1 Å². The van der Waals surface area contributed by atoms with Gasteiger partial charge in [-0.2, -0.15) is 13.2 Å². The molecule has 1 amide bonds. The molecule has 0 radical (unpaired) electrons. The van der Waals surface area contributed by atoms with Gasteiger partial charge in [0.1, 0.15) is 17.2 Å². The summed E-state index contributed by atoms with van der Waals surface area (Å²) in [5.74, 6) is 0.527. The maximum Gasteiger partial charge on any atom is 0.433 e. The lowest BCUT2D eigenvalue weighted by atomic mass is 9.97. The van der Waals surface area contributed by atoms with Crippen molar-refractivity contribution in [3.8, 4) is 5.75 Å². The Balaban J connectivity index is 2.36. The van der Waals surface area contributed by atoms with Gasteiger partial charge < -0.3 is 9.64 Å². The first kappa shape index (κ1) is 24.1. The summed E-state index contributed by atoms with van der Waals surface area (Å²) in [4.78, 5) is 21.4. The lowest BCUT2D eigenvalue weighted by molar-refractivity contribution is -0.141. The van der Waals surface area contributed by atoms with Crippen LogP contribution in [0.25, 0.3) is 0 Å². The maximum absolute atomic E-state index is 12.8. The Bertz CT molecular complexity index is 922. The van der Waals surface area contributed by atoms with Gasteiger partial charge in [0.25, 0.3) is 0 Å². The molecule has 0 saturated heterocycles. The largest absolute Gasteiger partial charge is 0.455 e. The molecule has 1 aromatic rings. The van der Waals surface area contributed by atoms with E-state index in [1.165, 1.54) is 12.1 Å². The van der Waals surface area contributed by atoms with Gasteiger partial charge in [-0.3, -0.25) is 9.79 Å². The number of pyridine rings is 1. The van der Waals surface area contributed by atoms with E-state index < -0.39 is 11.9 Å². The van der Waals surface area contributed by atoms with Crippen LogP contribution >= 0.6 is 0 Å². The molecule has 2 rings (SSSR count). The van der Waals surface area contributed by atoms with E-state index in [9.17, 15) is 18.0 Å². The number of allylic oxidation sites excluding steroid dienone is 2. The quantitative estimate of drug-likeness (QED) is 0.248. The molecule has 0 fully saturated rings. The van der Waals surface area contributed by atoms with E-state index in [0.717, 1.165) is 23.5 Å². The van der Waals surface area contributed by atoms with Crippen molar-refractivity contribution in [1.82, 2.24) is 9.88 Å². The minimum absolute atomic E-state index is 0.139. The van der Waals surface area contributed by atoms with Crippen LogP contribution in [0.2, 0.25) is 0 Å². The van der Waals surface area contributed by atoms with E-state index in [-0.39, 0.29) is 11.7 Å². The van der Waals surface area contributed by atoms with Crippen molar-refractivity contribution in [1.29, 1.82) is 0 Å². The predicted octanol–water partition coefficient (Wildman–Crippen LogP) is 5.48. The molecule has 1 aliphatic rings. The Hall–Kier alpha value is -3.16. The minimum atomic E-state index is -4.51. The second-order valence-electron chi connectivity index (χ2n) is 7.04. The van der Waals surface area contributed by atoms with Crippen LogP contribution < -0.4 is 4.74 Å². The Morgan fingerprint density at radius 2 is 2.10 bits per heavy atom. The number of carbonyl (C=O) groups excluding carboxylic acids is 1. The molecule has 8 heteroatoms. The molecular weight excluding hydrogens is 407 g/mol. The Labute approximate surface area is 180 Å². The standard InChI is InChI=1S/C23H26F3N3O2/c1-5-7-20(31-18-8-9-21(28-14-18)23(24,25)26)19(15-27-16(3)4)17-10-12-29(13-11-17)22(30)6-2/h6-10,14-15H,2,5,11-13H2,1,3-4H3/b19-15-,20-7-. The first-order chi connectivity index (χ1) is 14.7. The van der Waals surface area contributed by atoms with Crippen molar-refractivity contribution in [2.45, 2.75) is 39.8 Å². The van der Waals surface area contributed by atoms with E-state index >= 15 is 0 Å². The zero-order valence-electron chi connectivity index (χ0n) is 17.9. The molecule has 0 saturated carbocycles. The van der Waals surface area contributed by atoms with Crippen LogP contribution in [0.5, 0.6) is 5.75 Å². The van der Waals surface area contributed by atoms with Gasteiger partial charge in [-0.25, -0.2) is 4.98 Å². The van der Waals surface area contributed by atoms with Gasteiger partial charge in [-0.1, -0.05) is 19.6 Å². The van der Waals surface area contributed by atoms with E-state index in [4.69, 9.17) is 4.74 Å². The highest BCUT2D eigenvalue weighted by Gasteiger charge is 2.32. The zero-order chi connectivity index (χ0) is 23.0. The predicted molar refractivity (Wildman–Crippen MR) is 115 cm³/mol. The van der Waals surface area contributed by atoms with Gasteiger partial charge >= 0.3 is 6.18 Å². The summed E-state index contributed by atoms with van der Waals surface area (Å²) >= 11 is 0. The van der Waals surface area contributed by atoms with Gasteiger partial charge in [0, 0.05) is 30.6 Å². The number of halogens is 3. The van der Waals surface area contributed by atoms with E-state index in [1.807, 2.05) is 32.9 Å². The number of rotatable bonds is 7. The normalized spacial score (nSPS) is 15.3. The lowest BCUT2D eigenvalue weighted by Gasteiger charge is -2.27. The third-order valence-corrected chi connectivity index (χ3v) is 4.40. The molecule has 0 aliphatic carbocycles. The van der Waals surface area contributed by atoms with Crippen LogP contribution in [0, 0.1) is 0 Å². The lowest BCUT2D eigenvalue weighted by Crippen LogP contribution is -2.33. The van der Waals surface area contributed by atoms with Crippen LogP contribution in [-0.2, 0) is 11.0 Å². The fourth-order valence-electron chi connectivity index (χ4n) is 2.87. The smallest absolute Gasteiger partial charge is 0.433 e. The number of nitrogens with zero attached hydrogens (tertiary/aromatic N) is 3. The maximum atomic E-state index is 12.8. The van der Waals surface area contributed by atoms with Crippen LogP contribution in [0.15, 0.2) is 71.2 Å². The summed E-state index contributed by atoms with van der Waals surface area (Å²) in [6.07, 6.45) is 4.50. The molecule has 0 atom stereocenters. The monoisotopic (exact) mass is 433 g/mol. The number of ether oxygens (including phenoxy) is 1. The summed E-state index contributed by atoms with van der Waals surface area (Å²) in [5.41, 5.74) is 1.51. The minimum Gasteiger partial charge on any atom is -0.455 e. The Morgan fingerprint density at radius 3 is 2.58 bits per heavy atom. The van der Waals surface area contributed by atoms with E-state index in [0.29, 0.717) is 37.3 Å². The highest BCUT2D eigenvalue weighted by Crippen LogP contribution is 2.31. The number of alkyl halides is 3. The fourth-order valence-corrected chi connectivity index (χ4v) is 2.87. The molecule has 0 bridgehead atoms. The second kappa shape index (κ2) is 10.7. The van der Waals surface area contributed by atoms with Crippen LogP contribution in [0.1, 0.15) is 39.3 Å². The summed E-state index contributed by atoms with van der Waals surface area (Å²) in [5, 5.41) is 0. The third-order valence-electron chi connectivity index (χ3n) is 4.40. The molecular formula is C23H26F3N3O2. The highest BCUT2D eigenvalue weighted by atomic mass is 19.4. The van der Waals surface area contributed by atoms with Gasteiger partial charge in [0.2, 0.25) is 5.91 Å². The average molecular weight is 433 g/mol. The van der Waals surface area contributed by atoms with Crippen LogP contribution in [-0.4, -0.2) is 34.6 Å². The molecule has 0 aromatic carbocycles. The zero-order valence-corrected chi connectivity index (χ0v) is 17.9. The van der Waals surface area contributed by atoms with Gasteiger partial charge in [-0.05, 0) is 56.5 Å². The van der Waals surface area contributed by atoms with Crippen LogP contribution in [0.3, 0.4) is 0 Å². The Kier molecular flexibility index (Phi) is 8.36. The number of amides is 1. The van der Waals surface area contributed by atoms with Crippen LogP contribution in [0.4, 0.5) is 13.2 Å². The number of carbonyl (C=O) groups is 1. The molecule has 0 N–H and O–H groups in total. The van der Waals surface area contributed by atoms with E-state index in [2.05, 4.69) is 16.6 Å². The average Bonchev–Trinajstić information content (AvgIpc) is 2.73. The summed E-state index contributed by atoms with van der Waals surface area (Å²) in [6.45, 7) is 10.1. The summed E-state index contributed by atoms with van der Waals surface area (Å²) in [7, 11) is 0. The molecule has 0 unspecified atom stereocenters. The molecule has 166 valence electrons. The van der Waals surface area contributed by atoms with Crippen molar-refractivity contribution in [2.24, 2.45) is 4.99 Å². The molecule has 0 spiro atoms. The van der Waals surface area contributed by atoms with Crippen molar-refractivity contribution >= 4 is 11.6 Å². The van der Waals surface area contributed by atoms with Crippen molar-refractivity contribution in [3.63, 3.8) is 0 Å². The number of hydrogen-bond donors (Lipinski definition) is 0.